The maximum absolute atomic E-state index is 12.4. The maximum atomic E-state index is 12.4. The quantitative estimate of drug-likeness (QED) is 0.693. The van der Waals surface area contributed by atoms with E-state index in [1.165, 1.54) is 4.57 Å². The Bertz CT molecular complexity index is 869. The maximum Gasteiger partial charge on any atom is 0.419 e. The van der Waals surface area contributed by atoms with E-state index in [1.807, 2.05) is 26.0 Å². The summed E-state index contributed by atoms with van der Waals surface area (Å²) in [4.78, 5) is 24.1. The number of hydrogen-bond donors (Lipinski definition) is 0. The van der Waals surface area contributed by atoms with E-state index in [2.05, 4.69) is 0 Å². The van der Waals surface area contributed by atoms with Crippen LogP contribution in [0.3, 0.4) is 0 Å². The van der Waals surface area contributed by atoms with E-state index < -0.39 is 5.76 Å². The van der Waals surface area contributed by atoms with E-state index in [9.17, 15) is 9.59 Å². The Morgan fingerprint density at radius 1 is 1.10 bits per heavy atom. The van der Waals surface area contributed by atoms with Gasteiger partial charge in [-0.1, -0.05) is 29.8 Å². The summed E-state index contributed by atoms with van der Waals surface area (Å²) < 4.78 is 6.73. The van der Waals surface area contributed by atoms with Gasteiger partial charge in [-0.3, -0.25) is 9.36 Å². The van der Waals surface area contributed by atoms with Crippen LogP contribution in [0.15, 0.2) is 51.7 Å². The van der Waals surface area contributed by atoms with Gasteiger partial charge in [-0.05, 0) is 32.0 Å². The fourth-order valence-corrected chi connectivity index (χ4v) is 2.38. The molecule has 106 valence electrons. The highest BCUT2D eigenvalue weighted by atomic mass is 16.4. The smallest absolute Gasteiger partial charge is 0.408 e. The van der Waals surface area contributed by atoms with Crippen LogP contribution in [0.1, 0.15) is 28.4 Å². The van der Waals surface area contributed by atoms with Crippen molar-refractivity contribution in [2.45, 2.75) is 20.4 Å². The Balaban J connectivity index is 2.07. The van der Waals surface area contributed by atoms with Crippen LogP contribution < -0.4 is 5.76 Å². The van der Waals surface area contributed by atoms with Gasteiger partial charge >= 0.3 is 5.76 Å². The van der Waals surface area contributed by atoms with Crippen LogP contribution in [0.25, 0.3) is 11.1 Å². The van der Waals surface area contributed by atoms with E-state index in [4.69, 9.17) is 4.42 Å². The Morgan fingerprint density at radius 3 is 2.43 bits per heavy atom. The zero-order valence-electron chi connectivity index (χ0n) is 11.9. The molecule has 0 radical (unpaired) electrons. The number of rotatable bonds is 3. The Kier molecular flexibility index (Phi) is 3.22. The molecule has 21 heavy (non-hydrogen) atoms. The normalized spacial score (nSPS) is 11.0. The highest BCUT2D eigenvalue weighted by Crippen LogP contribution is 2.18. The van der Waals surface area contributed by atoms with Gasteiger partial charge in [0, 0.05) is 17.7 Å². The largest absolute Gasteiger partial charge is 0.419 e. The minimum Gasteiger partial charge on any atom is -0.408 e. The molecule has 0 atom stereocenters. The monoisotopic (exact) mass is 281 g/mol. The van der Waals surface area contributed by atoms with Gasteiger partial charge in [0.05, 0.1) is 5.52 Å². The lowest BCUT2D eigenvalue weighted by atomic mass is 10.0. The molecule has 3 rings (SSSR count). The molecule has 3 aromatic rings. The second-order valence-corrected chi connectivity index (χ2v) is 4.99. The van der Waals surface area contributed by atoms with Crippen molar-refractivity contribution in [3.8, 4) is 0 Å². The van der Waals surface area contributed by atoms with Gasteiger partial charge < -0.3 is 4.42 Å². The summed E-state index contributed by atoms with van der Waals surface area (Å²) in [7, 11) is 0. The highest BCUT2D eigenvalue weighted by molar-refractivity contribution is 6.10. The average Bonchev–Trinajstić information content (AvgIpc) is 2.81. The van der Waals surface area contributed by atoms with Gasteiger partial charge in [0.15, 0.2) is 11.4 Å². The summed E-state index contributed by atoms with van der Waals surface area (Å²) in [5.41, 5.74) is 3.40. The topological polar surface area (TPSA) is 52.2 Å². The molecule has 0 saturated carbocycles. The molecule has 0 spiro atoms. The van der Waals surface area contributed by atoms with Crippen LogP contribution in [0.2, 0.25) is 0 Å². The number of oxazole rings is 1. The first-order valence-corrected chi connectivity index (χ1v) is 6.85. The van der Waals surface area contributed by atoms with Crippen molar-refractivity contribution in [2.75, 3.05) is 0 Å². The second-order valence-electron chi connectivity index (χ2n) is 4.99. The van der Waals surface area contributed by atoms with E-state index in [1.54, 1.807) is 30.3 Å². The number of carbonyl (C=O) groups is 1. The Morgan fingerprint density at radius 2 is 1.76 bits per heavy atom. The summed E-state index contributed by atoms with van der Waals surface area (Å²) >= 11 is 0. The molecule has 0 fully saturated rings. The Labute approximate surface area is 121 Å². The number of aryl methyl sites for hydroxylation is 2. The van der Waals surface area contributed by atoms with Crippen molar-refractivity contribution >= 4 is 16.9 Å². The molecule has 0 N–H and O–H groups in total. The summed E-state index contributed by atoms with van der Waals surface area (Å²) in [6.45, 7) is 4.39. The molecule has 0 amide bonds. The zero-order chi connectivity index (χ0) is 15.0. The first-order chi connectivity index (χ1) is 10.1. The van der Waals surface area contributed by atoms with Crippen molar-refractivity contribution in [2.24, 2.45) is 0 Å². The number of carbonyl (C=O) groups excluding carboxylic acids is 1. The van der Waals surface area contributed by atoms with Gasteiger partial charge in [-0.25, -0.2) is 4.79 Å². The van der Waals surface area contributed by atoms with Gasteiger partial charge in [-0.15, -0.1) is 0 Å². The number of benzene rings is 2. The lowest BCUT2D eigenvalue weighted by Gasteiger charge is -2.02. The molecule has 0 aliphatic carbocycles. The van der Waals surface area contributed by atoms with Crippen molar-refractivity contribution in [1.82, 2.24) is 4.57 Å². The molecule has 0 unspecified atom stereocenters. The van der Waals surface area contributed by atoms with Gasteiger partial charge in [0.2, 0.25) is 0 Å². The summed E-state index contributed by atoms with van der Waals surface area (Å²) in [5, 5.41) is 0. The number of aromatic nitrogens is 1. The van der Waals surface area contributed by atoms with Crippen LogP contribution >= 0.6 is 0 Å². The highest BCUT2D eigenvalue weighted by Gasteiger charge is 2.13. The standard InChI is InChI=1S/C17H15NO3/c1-3-18-14-9-8-13(10-15(14)21-17(18)20)16(19)12-6-4-11(2)5-7-12/h4-10H,3H2,1-2H3. The van der Waals surface area contributed by atoms with Crippen LogP contribution in [0.4, 0.5) is 0 Å². The molecular formula is C17H15NO3. The molecule has 0 bridgehead atoms. The van der Waals surface area contributed by atoms with Gasteiger partial charge in [0.25, 0.3) is 0 Å². The molecule has 4 nitrogen and oxygen atoms in total. The number of ketones is 1. The fourth-order valence-electron chi connectivity index (χ4n) is 2.38. The van der Waals surface area contributed by atoms with Crippen molar-refractivity contribution < 1.29 is 9.21 Å². The molecule has 1 heterocycles. The van der Waals surface area contributed by atoms with Crippen LogP contribution in [0, 0.1) is 6.92 Å². The number of fused-ring (bicyclic) bond motifs is 1. The number of hydrogen-bond acceptors (Lipinski definition) is 3. The fraction of sp³-hybridized carbons (Fsp3) is 0.176. The minimum absolute atomic E-state index is 0.0798. The van der Waals surface area contributed by atoms with Crippen molar-refractivity contribution in [3.05, 3.63) is 69.7 Å². The first-order valence-electron chi connectivity index (χ1n) is 6.85. The molecule has 0 aliphatic rings. The van der Waals surface area contributed by atoms with Crippen LogP contribution in [0.5, 0.6) is 0 Å². The van der Waals surface area contributed by atoms with Crippen molar-refractivity contribution in [1.29, 1.82) is 0 Å². The molecule has 0 aliphatic heterocycles. The number of nitrogens with zero attached hydrogens (tertiary/aromatic N) is 1. The predicted octanol–water partition coefficient (Wildman–Crippen LogP) is 3.15. The second kappa shape index (κ2) is 5.05. The predicted molar refractivity (Wildman–Crippen MR) is 80.8 cm³/mol. The van der Waals surface area contributed by atoms with Gasteiger partial charge in [-0.2, -0.15) is 0 Å². The van der Waals surface area contributed by atoms with Crippen molar-refractivity contribution in [3.63, 3.8) is 0 Å². The lowest BCUT2D eigenvalue weighted by molar-refractivity contribution is 0.103. The molecular weight excluding hydrogens is 266 g/mol. The molecule has 4 heteroatoms. The molecule has 0 saturated heterocycles. The third-order valence-electron chi connectivity index (χ3n) is 3.56. The Hall–Kier alpha value is -2.62. The van der Waals surface area contributed by atoms with Crippen LogP contribution in [-0.2, 0) is 6.54 Å². The van der Waals surface area contributed by atoms with E-state index in [-0.39, 0.29) is 5.78 Å². The summed E-state index contributed by atoms with van der Waals surface area (Å²) in [5.74, 6) is -0.476. The third-order valence-corrected chi connectivity index (χ3v) is 3.56. The SMILES string of the molecule is CCn1c(=O)oc2cc(C(=O)c3ccc(C)cc3)ccc21. The molecule has 2 aromatic carbocycles. The van der Waals surface area contributed by atoms with Gasteiger partial charge in [0.1, 0.15) is 0 Å². The lowest BCUT2D eigenvalue weighted by Crippen LogP contribution is -2.11. The average molecular weight is 281 g/mol. The van der Waals surface area contributed by atoms with E-state index in [0.29, 0.717) is 28.8 Å². The molecule has 1 aromatic heterocycles. The van der Waals surface area contributed by atoms with E-state index >= 15 is 0 Å². The van der Waals surface area contributed by atoms with Crippen LogP contribution in [-0.4, -0.2) is 10.4 Å². The summed E-state index contributed by atoms with van der Waals surface area (Å²) in [6.07, 6.45) is 0. The summed E-state index contributed by atoms with van der Waals surface area (Å²) in [6, 6.07) is 12.5. The first kappa shape index (κ1) is 13.4. The third kappa shape index (κ3) is 2.29. The minimum atomic E-state index is -0.396. The van der Waals surface area contributed by atoms with E-state index in [0.717, 1.165) is 5.56 Å². The zero-order valence-corrected chi connectivity index (χ0v) is 11.9.